The fourth-order valence-corrected chi connectivity index (χ4v) is 4.92. The fraction of sp³-hybridized carbons (Fsp3) is 0.800. The Morgan fingerprint density at radius 2 is 1.88 bits per heavy atom. The molecular weight excluding hydrogens is 239 g/mol. The van der Waals surface area contributed by atoms with E-state index in [1.165, 1.54) is 0 Å². The van der Waals surface area contributed by atoms with Gasteiger partial charge in [0, 0.05) is 19.3 Å². The van der Waals surface area contributed by atoms with Crippen LogP contribution in [0.3, 0.4) is 0 Å². The highest BCUT2D eigenvalue weighted by molar-refractivity contribution is 8.12. The van der Waals surface area contributed by atoms with E-state index in [1.807, 2.05) is 4.45 Å². The van der Waals surface area contributed by atoms with Crippen molar-refractivity contribution >= 4 is 18.1 Å². The van der Waals surface area contributed by atoms with Crippen molar-refractivity contribution in [2.75, 3.05) is 19.3 Å². The van der Waals surface area contributed by atoms with Crippen LogP contribution in [-0.4, -0.2) is 38.5 Å². The van der Waals surface area contributed by atoms with E-state index in [2.05, 4.69) is 35.5 Å². The Bertz CT molecular complexity index is 333. The van der Waals surface area contributed by atoms with Gasteiger partial charge < -0.3 is 0 Å². The Hall–Kier alpha value is -0.250. The summed E-state index contributed by atoms with van der Waals surface area (Å²) >= 11 is 5.87. The molecule has 0 saturated carbocycles. The zero-order valence-electron chi connectivity index (χ0n) is 10.3. The van der Waals surface area contributed by atoms with Crippen molar-refractivity contribution in [2.24, 2.45) is 0 Å². The average Bonchev–Trinajstić information content (AvgIpc) is 2.81. The Labute approximate surface area is 103 Å². The van der Waals surface area contributed by atoms with Gasteiger partial charge in [-0.05, 0) is 12.8 Å². The number of aromatic nitrogens is 3. The lowest BCUT2D eigenvalue weighted by atomic mass is 10.4. The molecule has 0 N–H and O–H groups in total. The molecular formula is C10H21N4PS. The van der Waals surface area contributed by atoms with Gasteiger partial charge in [0.25, 0.3) is 0 Å². The average molecular weight is 260 g/mol. The molecule has 0 spiro atoms. The van der Waals surface area contributed by atoms with Crippen LogP contribution in [0.5, 0.6) is 0 Å². The lowest BCUT2D eigenvalue weighted by Crippen LogP contribution is -2.26. The van der Waals surface area contributed by atoms with Crippen molar-refractivity contribution in [1.29, 1.82) is 0 Å². The van der Waals surface area contributed by atoms with Crippen molar-refractivity contribution in [3.63, 3.8) is 0 Å². The number of rotatable bonds is 7. The molecule has 0 aliphatic rings. The van der Waals surface area contributed by atoms with Gasteiger partial charge in [-0.1, -0.05) is 32.6 Å². The smallest absolute Gasteiger partial charge is 0.138 e. The van der Waals surface area contributed by atoms with E-state index >= 15 is 0 Å². The second kappa shape index (κ2) is 6.48. The largest absolute Gasteiger partial charge is 0.258 e. The van der Waals surface area contributed by atoms with Gasteiger partial charge in [-0.3, -0.25) is 4.67 Å². The molecule has 1 aromatic heterocycles. The molecule has 0 bridgehead atoms. The normalized spacial score (nSPS) is 15.2. The summed E-state index contributed by atoms with van der Waals surface area (Å²) in [7, 11) is 0. The maximum atomic E-state index is 5.87. The lowest BCUT2D eigenvalue weighted by molar-refractivity contribution is 0.444. The minimum absolute atomic E-state index is 0.964. The summed E-state index contributed by atoms with van der Waals surface area (Å²) in [6.07, 6.45) is 4.83. The van der Waals surface area contributed by atoms with Crippen LogP contribution >= 0.6 is 6.34 Å². The van der Waals surface area contributed by atoms with E-state index in [0.717, 1.165) is 32.1 Å². The first-order chi connectivity index (χ1) is 7.69. The van der Waals surface area contributed by atoms with Crippen LogP contribution in [-0.2, 0) is 11.8 Å². The van der Waals surface area contributed by atoms with Crippen LogP contribution < -0.4 is 0 Å². The van der Waals surface area contributed by atoms with Gasteiger partial charge >= 0.3 is 0 Å². The zero-order valence-corrected chi connectivity index (χ0v) is 12.0. The van der Waals surface area contributed by atoms with Crippen LogP contribution in [0.15, 0.2) is 12.7 Å². The summed E-state index contributed by atoms with van der Waals surface area (Å²) in [5, 5.41) is 4.25. The minimum Gasteiger partial charge on any atom is -0.258 e. The Kier molecular flexibility index (Phi) is 5.59. The molecule has 1 aromatic rings. The number of hydrogen-bond acceptors (Lipinski definition) is 3. The Balaban J connectivity index is 2.96. The quantitative estimate of drug-likeness (QED) is 0.706. The predicted octanol–water partition coefficient (Wildman–Crippen LogP) is 2.58. The van der Waals surface area contributed by atoms with Gasteiger partial charge in [0.1, 0.15) is 19.0 Å². The fourth-order valence-electron chi connectivity index (χ4n) is 1.78. The molecule has 0 aliphatic carbocycles. The molecule has 1 unspecified atom stereocenters. The molecule has 1 rings (SSSR count). The van der Waals surface area contributed by atoms with E-state index in [4.69, 9.17) is 11.8 Å². The molecule has 0 amide bonds. The molecule has 0 aromatic carbocycles. The van der Waals surface area contributed by atoms with Gasteiger partial charge in [-0.15, -0.1) is 0 Å². The van der Waals surface area contributed by atoms with Crippen LogP contribution in [0.1, 0.15) is 33.6 Å². The topological polar surface area (TPSA) is 34.0 Å². The van der Waals surface area contributed by atoms with E-state index in [-0.39, 0.29) is 0 Å². The van der Waals surface area contributed by atoms with E-state index in [9.17, 15) is 0 Å². The van der Waals surface area contributed by atoms with Crippen LogP contribution in [0.4, 0.5) is 0 Å². The third-order valence-electron chi connectivity index (χ3n) is 2.54. The highest BCUT2D eigenvalue weighted by Gasteiger charge is 2.25. The highest BCUT2D eigenvalue weighted by atomic mass is 32.4. The molecule has 0 saturated heterocycles. The lowest BCUT2D eigenvalue weighted by Gasteiger charge is -2.33. The second-order valence-electron chi connectivity index (χ2n) is 3.75. The molecule has 0 radical (unpaired) electrons. The summed E-state index contributed by atoms with van der Waals surface area (Å²) in [5.74, 6) is 0. The molecule has 92 valence electrons. The van der Waals surface area contributed by atoms with Gasteiger partial charge in [-0.25, -0.2) is 9.44 Å². The number of hydrogen-bond donors (Lipinski definition) is 0. The second-order valence-corrected chi connectivity index (χ2v) is 8.44. The van der Waals surface area contributed by atoms with Gasteiger partial charge in [0.15, 0.2) is 0 Å². The Morgan fingerprint density at radius 3 is 2.25 bits per heavy atom. The third kappa shape index (κ3) is 2.90. The first-order valence-electron chi connectivity index (χ1n) is 5.89. The van der Waals surface area contributed by atoms with E-state index in [1.54, 1.807) is 12.7 Å². The monoisotopic (exact) mass is 260 g/mol. The van der Waals surface area contributed by atoms with Crippen molar-refractivity contribution in [3.05, 3.63) is 12.7 Å². The number of nitrogens with zero attached hydrogens (tertiary/aromatic N) is 4. The summed E-state index contributed by atoms with van der Waals surface area (Å²) in [6, 6.07) is 0. The first-order valence-corrected chi connectivity index (χ1v) is 8.78. The molecule has 1 heterocycles. The van der Waals surface area contributed by atoms with Gasteiger partial charge in [0.05, 0.1) is 0 Å². The maximum Gasteiger partial charge on any atom is 0.138 e. The zero-order chi connectivity index (χ0) is 12.0. The standard InChI is InChI=1S/C10H21N4PS/c1-4-7-13(8-5-2)15(16,6-3)14-10-11-9-12-14/h9-10H,4-8H2,1-3H3. The summed E-state index contributed by atoms with van der Waals surface area (Å²) in [6.45, 7) is 8.65. The highest BCUT2D eigenvalue weighted by Crippen LogP contribution is 2.49. The third-order valence-corrected chi connectivity index (χ3v) is 7.47. The van der Waals surface area contributed by atoms with Crippen molar-refractivity contribution in [2.45, 2.75) is 33.6 Å². The van der Waals surface area contributed by atoms with Crippen LogP contribution in [0, 0.1) is 0 Å². The molecule has 4 nitrogen and oxygen atoms in total. The van der Waals surface area contributed by atoms with E-state index < -0.39 is 6.34 Å². The first kappa shape index (κ1) is 13.8. The van der Waals surface area contributed by atoms with Crippen molar-refractivity contribution < 1.29 is 0 Å². The molecule has 0 fully saturated rings. The summed E-state index contributed by atoms with van der Waals surface area (Å²) in [5.41, 5.74) is 0. The molecule has 6 heteroatoms. The van der Waals surface area contributed by atoms with Crippen LogP contribution in [0.25, 0.3) is 0 Å². The summed E-state index contributed by atoms with van der Waals surface area (Å²) in [4.78, 5) is 4.03. The predicted molar refractivity (Wildman–Crippen MR) is 72.4 cm³/mol. The van der Waals surface area contributed by atoms with Gasteiger partial charge in [0.2, 0.25) is 0 Å². The van der Waals surface area contributed by atoms with Crippen LogP contribution in [0.2, 0.25) is 0 Å². The molecule has 0 aliphatic heterocycles. The van der Waals surface area contributed by atoms with Gasteiger partial charge in [-0.2, -0.15) is 5.10 Å². The van der Waals surface area contributed by atoms with E-state index in [0.29, 0.717) is 0 Å². The van der Waals surface area contributed by atoms with Crippen molar-refractivity contribution in [3.8, 4) is 0 Å². The molecule has 1 atom stereocenters. The minimum atomic E-state index is -1.74. The molecule has 16 heavy (non-hydrogen) atoms. The summed E-state index contributed by atoms with van der Waals surface area (Å²) < 4.78 is 4.34. The SMILES string of the molecule is CCCN(CCC)P(=S)(CC)n1cncn1. The van der Waals surface area contributed by atoms with Crippen molar-refractivity contribution in [1.82, 2.24) is 19.2 Å². The Morgan fingerprint density at radius 1 is 1.25 bits per heavy atom. The maximum absolute atomic E-state index is 5.87.